The lowest BCUT2D eigenvalue weighted by atomic mass is 10.1. The van der Waals surface area contributed by atoms with E-state index in [1.807, 2.05) is 41.1 Å². The van der Waals surface area contributed by atoms with Crippen LogP contribution in [0.15, 0.2) is 49.1 Å². The van der Waals surface area contributed by atoms with Crippen molar-refractivity contribution in [1.82, 2.24) is 14.4 Å². The van der Waals surface area contributed by atoms with Crippen LogP contribution in [0.1, 0.15) is 0 Å². The summed E-state index contributed by atoms with van der Waals surface area (Å²) in [6, 6.07) is 7.70. The number of para-hydroxylation sites is 1. The Hall–Kier alpha value is -2.36. The van der Waals surface area contributed by atoms with Crippen LogP contribution in [0, 0.1) is 0 Å². The molecule has 4 heteroatoms. The zero-order valence-electron chi connectivity index (χ0n) is 8.54. The van der Waals surface area contributed by atoms with Crippen LogP contribution in [-0.2, 0) is 0 Å². The highest BCUT2D eigenvalue weighted by Gasteiger charge is 2.06. The zero-order chi connectivity index (χ0) is 11.0. The maximum Gasteiger partial charge on any atom is 0.155 e. The van der Waals surface area contributed by atoms with Crippen molar-refractivity contribution in [3.63, 3.8) is 0 Å². The number of fused-ring (bicyclic) bond motifs is 1. The van der Waals surface area contributed by atoms with Crippen molar-refractivity contribution in [2.24, 2.45) is 0 Å². The summed E-state index contributed by atoms with van der Waals surface area (Å²) in [6.45, 7) is 0. The number of anilines is 1. The zero-order valence-corrected chi connectivity index (χ0v) is 8.54. The maximum absolute atomic E-state index is 5.91. The molecule has 16 heavy (non-hydrogen) atoms. The summed E-state index contributed by atoms with van der Waals surface area (Å²) in [5, 5.41) is 0. The van der Waals surface area contributed by atoms with E-state index in [4.69, 9.17) is 5.73 Å². The van der Waals surface area contributed by atoms with Gasteiger partial charge in [-0.25, -0.2) is 4.98 Å². The molecule has 0 atom stereocenters. The molecule has 2 heterocycles. The summed E-state index contributed by atoms with van der Waals surface area (Å²) in [5.41, 5.74) is 9.28. The summed E-state index contributed by atoms with van der Waals surface area (Å²) < 4.78 is 1.93. The van der Waals surface area contributed by atoms with Gasteiger partial charge in [-0.3, -0.25) is 4.98 Å². The second kappa shape index (κ2) is 3.34. The Morgan fingerprint density at radius 2 is 2.06 bits per heavy atom. The van der Waals surface area contributed by atoms with Crippen LogP contribution in [0.3, 0.4) is 0 Å². The topological polar surface area (TPSA) is 56.2 Å². The van der Waals surface area contributed by atoms with E-state index in [0.717, 1.165) is 22.6 Å². The standard InChI is InChI=1S/C12H10N4/c13-10-4-2-1-3-9(10)11-8-16-6-5-14-7-12(16)15-11/h1-8H,13H2. The monoisotopic (exact) mass is 210 g/mol. The van der Waals surface area contributed by atoms with Gasteiger partial charge in [0.15, 0.2) is 5.65 Å². The Morgan fingerprint density at radius 1 is 1.19 bits per heavy atom. The first-order chi connectivity index (χ1) is 7.84. The van der Waals surface area contributed by atoms with Crippen LogP contribution in [0.2, 0.25) is 0 Å². The predicted octanol–water partition coefficient (Wildman–Crippen LogP) is 1.98. The molecular formula is C12H10N4. The van der Waals surface area contributed by atoms with Gasteiger partial charge in [-0.15, -0.1) is 0 Å². The van der Waals surface area contributed by atoms with E-state index in [2.05, 4.69) is 9.97 Å². The van der Waals surface area contributed by atoms with Crippen molar-refractivity contribution in [2.45, 2.75) is 0 Å². The minimum absolute atomic E-state index is 0.735. The van der Waals surface area contributed by atoms with Crippen molar-refractivity contribution < 1.29 is 0 Å². The Balaban J connectivity index is 2.23. The van der Waals surface area contributed by atoms with Gasteiger partial charge in [0, 0.05) is 29.8 Å². The SMILES string of the molecule is Nc1ccccc1-c1cn2ccncc2n1. The third-order valence-corrected chi connectivity index (χ3v) is 2.50. The fraction of sp³-hybridized carbons (Fsp3) is 0. The molecular weight excluding hydrogens is 200 g/mol. The average molecular weight is 210 g/mol. The molecule has 2 N–H and O–H groups in total. The third-order valence-electron chi connectivity index (χ3n) is 2.50. The molecule has 0 aliphatic rings. The van der Waals surface area contributed by atoms with E-state index in [-0.39, 0.29) is 0 Å². The Labute approximate surface area is 92.4 Å². The molecule has 0 spiro atoms. The molecule has 0 fully saturated rings. The minimum Gasteiger partial charge on any atom is -0.398 e. The lowest BCUT2D eigenvalue weighted by molar-refractivity contribution is 1.13. The van der Waals surface area contributed by atoms with Gasteiger partial charge in [0.05, 0.1) is 11.9 Å². The normalized spacial score (nSPS) is 10.8. The molecule has 0 bridgehead atoms. The third kappa shape index (κ3) is 1.32. The van der Waals surface area contributed by atoms with Gasteiger partial charge < -0.3 is 10.1 Å². The van der Waals surface area contributed by atoms with E-state index < -0.39 is 0 Å². The van der Waals surface area contributed by atoms with Crippen LogP contribution < -0.4 is 5.73 Å². The smallest absolute Gasteiger partial charge is 0.155 e. The second-order valence-corrected chi connectivity index (χ2v) is 3.56. The highest BCUT2D eigenvalue weighted by Crippen LogP contribution is 2.24. The number of nitrogens with two attached hydrogens (primary N) is 1. The van der Waals surface area contributed by atoms with Crippen molar-refractivity contribution in [2.75, 3.05) is 5.73 Å². The number of nitrogens with zero attached hydrogens (tertiary/aromatic N) is 3. The average Bonchev–Trinajstić information content (AvgIpc) is 2.73. The van der Waals surface area contributed by atoms with E-state index in [1.54, 1.807) is 12.4 Å². The van der Waals surface area contributed by atoms with Crippen molar-refractivity contribution in [3.05, 3.63) is 49.1 Å². The Morgan fingerprint density at radius 3 is 2.88 bits per heavy atom. The fourth-order valence-electron chi connectivity index (χ4n) is 1.70. The Kier molecular flexibility index (Phi) is 1.86. The van der Waals surface area contributed by atoms with Crippen molar-refractivity contribution in [1.29, 1.82) is 0 Å². The van der Waals surface area contributed by atoms with Gasteiger partial charge in [-0.1, -0.05) is 18.2 Å². The first-order valence-electron chi connectivity index (χ1n) is 4.98. The van der Waals surface area contributed by atoms with Crippen LogP contribution in [0.4, 0.5) is 5.69 Å². The lowest BCUT2D eigenvalue weighted by Crippen LogP contribution is -1.88. The molecule has 0 radical (unpaired) electrons. The van der Waals surface area contributed by atoms with Gasteiger partial charge in [-0.05, 0) is 6.07 Å². The van der Waals surface area contributed by atoms with Crippen LogP contribution in [0.5, 0.6) is 0 Å². The summed E-state index contributed by atoms with van der Waals surface area (Å²) in [7, 11) is 0. The van der Waals surface area contributed by atoms with Crippen LogP contribution in [0.25, 0.3) is 16.9 Å². The minimum atomic E-state index is 0.735. The highest BCUT2D eigenvalue weighted by molar-refractivity contribution is 5.74. The first kappa shape index (κ1) is 8.91. The molecule has 0 aliphatic heterocycles. The number of hydrogen-bond donors (Lipinski definition) is 1. The molecule has 3 aromatic rings. The van der Waals surface area contributed by atoms with E-state index >= 15 is 0 Å². The van der Waals surface area contributed by atoms with Gasteiger partial charge >= 0.3 is 0 Å². The number of rotatable bonds is 1. The molecule has 0 aliphatic carbocycles. The lowest BCUT2D eigenvalue weighted by Gasteiger charge is -1.99. The predicted molar refractivity (Wildman–Crippen MR) is 62.8 cm³/mol. The van der Waals surface area contributed by atoms with Gasteiger partial charge in [0.1, 0.15) is 0 Å². The number of aromatic nitrogens is 3. The van der Waals surface area contributed by atoms with E-state index in [9.17, 15) is 0 Å². The van der Waals surface area contributed by atoms with Crippen LogP contribution >= 0.6 is 0 Å². The van der Waals surface area contributed by atoms with E-state index in [0.29, 0.717) is 0 Å². The van der Waals surface area contributed by atoms with Gasteiger partial charge in [-0.2, -0.15) is 0 Å². The van der Waals surface area contributed by atoms with Crippen molar-refractivity contribution >= 4 is 11.3 Å². The highest BCUT2D eigenvalue weighted by atomic mass is 15.0. The number of nitrogen functional groups attached to an aromatic ring is 1. The molecule has 0 unspecified atom stereocenters. The first-order valence-corrected chi connectivity index (χ1v) is 4.98. The quantitative estimate of drug-likeness (QED) is 0.625. The molecule has 78 valence electrons. The molecule has 0 amide bonds. The Bertz CT molecular complexity index is 609. The number of imidazole rings is 1. The van der Waals surface area contributed by atoms with Crippen LogP contribution in [-0.4, -0.2) is 14.4 Å². The number of benzene rings is 1. The number of hydrogen-bond acceptors (Lipinski definition) is 3. The van der Waals surface area contributed by atoms with Gasteiger partial charge in [0.2, 0.25) is 0 Å². The molecule has 3 rings (SSSR count). The summed E-state index contributed by atoms with van der Waals surface area (Å²) in [6.07, 6.45) is 7.27. The van der Waals surface area contributed by atoms with E-state index in [1.165, 1.54) is 0 Å². The molecule has 1 aromatic carbocycles. The molecule has 4 nitrogen and oxygen atoms in total. The molecule has 0 saturated heterocycles. The molecule has 2 aromatic heterocycles. The summed E-state index contributed by atoms with van der Waals surface area (Å²) in [5.74, 6) is 0. The summed E-state index contributed by atoms with van der Waals surface area (Å²) in [4.78, 5) is 8.49. The van der Waals surface area contributed by atoms with Gasteiger partial charge in [0.25, 0.3) is 0 Å². The molecule has 0 saturated carbocycles. The maximum atomic E-state index is 5.91. The fourth-order valence-corrected chi connectivity index (χ4v) is 1.70. The second-order valence-electron chi connectivity index (χ2n) is 3.56. The largest absolute Gasteiger partial charge is 0.398 e. The van der Waals surface area contributed by atoms with Crippen molar-refractivity contribution in [3.8, 4) is 11.3 Å². The summed E-state index contributed by atoms with van der Waals surface area (Å²) >= 11 is 0.